The molecule has 0 unspecified atom stereocenters. The number of fused-ring (bicyclic) bond motifs is 1. The summed E-state index contributed by atoms with van der Waals surface area (Å²) in [6, 6.07) is 10.9. The topological polar surface area (TPSA) is 87.0 Å². The van der Waals surface area contributed by atoms with E-state index in [0.29, 0.717) is 44.7 Å². The van der Waals surface area contributed by atoms with Crippen LogP contribution >= 0.6 is 0 Å². The molecule has 9 heteroatoms. The third-order valence-electron chi connectivity index (χ3n) is 7.07. The molecule has 2 heterocycles. The van der Waals surface area contributed by atoms with E-state index in [1.165, 1.54) is 18.2 Å². The largest absolute Gasteiger partial charge is 0.368 e. The van der Waals surface area contributed by atoms with Crippen LogP contribution in [0.4, 0.5) is 27.1 Å². The zero-order valence-electron chi connectivity index (χ0n) is 18.2. The molecule has 0 spiro atoms. The van der Waals surface area contributed by atoms with Gasteiger partial charge in [0.05, 0.1) is 22.4 Å². The van der Waals surface area contributed by atoms with Crippen LogP contribution in [0.1, 0.15) is 25.7 Å². The van der Waals surface area contributed by atoms with Gasteiger partial charge in [-0.15, -0.1) is 0 Å². The molecule has 2 atom stereocenters. The number of piperazine rings is 1. The SMILES string of the molecule is O=C1[C@H]2CCCC[C@@H]2C(=O)N1c1ccc(N2CCN(c3ccc(F)cc3)CC2)c([N+](=O)[O-])c1. The first kappa shape index (κ1) is 21.4. The highest BCUT2D eigenvalue weighted by molar-refractivity contribution is 6.22. The summed E-state index contributed by atoms with van der Waals surface area (Å²) in [5.74, 6) is -1.37. The smallest absolute Gasteiger partial charge is 0.294 e. The Morgan fingerprint density at radius 1 is 0.818 bits per heavy atom. The molecule has 2 aliphatic heterocycles. The number of carbonyl (C=O) groups is 2. The number of nitrogens with zero attached hydrogens (tertiary/aromatic N) is 4. The van der Waals surface area contributed by atoms with Crippen molar-refractivity contribution in [1.29, 1.82) is 0 Å². The minimum atomic E-state index is -0.455. The third kappa shape index (κ3) is 3.81. The predicted octanol–water partition coefficient (Wildman–Crippen LogP) is 3.74. The van der Waals surface area contributed by atoms with E-state index in [9.17, 15) is 24.1 Å². The fourth-order valence-corrected chi connectivity index (χ4v) is 5.34. The maximum atomic E-state index is 13.2. The summed E-state index contributed by atoms with van der Waals surface area (Å²) < 4.78 is 13.2. The number of hydrogen-bond acceptors (Lipinski definition) is 6. The Balaban J connectivity index is 1.36. The second-order valence-electron chi connectivity index (χ2n) is 8.89. The molecule has 2 saturated heterocycles. The second kappa shape index (κ2) is 8.46. The maximum Gasteiger partial charge on any atom is 0.294 e. The van der Waals surface area contributed by atoms with Gasteiger partial charge < -0.3 is 9.80 Å². The van der Waals surface area contributed by atoms with Crippen molar-refractivity contribution in [2.75, 3.05) is 40.9 Å². The molecule has 5 rings (SSSR count). The van der Waals surface area contributed by atoms with Crippen LogP contribution in [0.15, 0.2) is 42.5 Å². The van der Waals surface area contributed by atoms with Crippen LogP contribution < -0.4 is 14.7 Å². The zero-order valence-corrected chi connectivity index (χ0v) is 18.2. The first-order valence-electron chi connectivity index (χ1n) is 11.4. The number of rotatable bonds is 4. The Labute approximate surface area is 190 Å². The summed E-state index contributed by atoms with van der Waals surface area (Å²) >= 11 is 0. The molecule has 0 radical (unpaired) electrons. The van der Waals surface area contributed by atoms with Crippen LogP contribution in [0.5, 0.6) is 0 Å². The normalized spacial score (nSPS) is 23.1. The molecule has 1 saturated carbocycles. The standard InChI is InChI=1S/C24H25FN4O4/c25-16-5-7-17(8-6-16)26-11-13-27(14-12-26)21-10-9-18(15-22(21)29(32)33)28-23(30)19-3-1-2-4-20(19)24(28)31/h5-10,15,19-20H,1-4,11-14H2/t19-,20-/m0/s1. The highest BCUT2D eigenvalue weighted by Gasteiger charge is 2.49. The average Bonchev–Trinajstić information content (AvgIpc) is 3.09. The van der Waals surface area contributed by atoms with E-state index < -0.39 is 4.92 Å². The molecule has 2 amide bonds. The minimum absolute atomic E-state index is 0.113. The van der Waals surface area contributed by atoms with Gasteiger partial charge in [-0.2, -0.15) is 0 Å². The highest BCUT2D eigenvalue weighted by atomic mass is 19.1. The number of anilines is 3. The van der Waals surface area contributed by atoms with Crippen molar-refractivity contribution in [3.05, 3.63) is 58.4 Å². The van der Waals surface area contributed by atoms with Gasteiger partial charge in [-0.05, 0) is 49.2 Å². The molecule has 172 valence electrons. The van der Waals surface area contributed by atoms with Crippen molar-refractivity contribution >= 4 is 34.6 Å². The van der Waals surface area contributed by atoms with E-state index in [1.54, 1.807) is 24.3 Å². The zero-order chi connectivity index (χ0) is 23.1. The molecule has 3 aliphatic rings. The molecule has 1 aliphatic carbocycles. The van der Waals surface area contributed by atoms with Gasteiger partial charge in [-0.1, -0.05) is 12.8 Å². The number of imide groups is 1. The van der Waals surface area contributed by atoms with Crippen molar-refractivity contribution in [1.82, 2.24) is 0 Å². The van der Waals surface area contributed by atoms with Crippen LogP contribution in [0.2, 0.25) is 0 Å². The van der Waals surface area contributed by atoms with Gasteiger partial charge >= 0.3 is 0 Å². The molecule has 33 heavy (non-hydrogen) atoms. The summed E-state index contributed by atoms with van der Waals surface area (Å²) in [5.41, 5.74) is 1.55. The number of amides is 2. The summed E-state index contributed by atoms with van der Waals surface area (Å²) in [6.07, 6.45) is 3.25. The van der Waals surface area contributed by atoms with Gasteiger partial charge in [0.1, 0.15) is 11.5 Å². The number of carbonyl (C=O) groups excluding carboxylic acids is 2. The second-order valence-corrected chi connectivity index (χ2v) is 8.89. The van der Waals surface area contributed by atoms with Crippen molar-refractivity contribution in [2.45, 2.75) is 25.7 Å². The van der Waals surface area contributed by atoms with E-state index in [1.807, 2.05) is 4.90 Å². The Kier molecular flexibility index (Phi) is 5.47. The van der Waals surface area contributed by atoms with E-state index >= 15 is 0 Å². The monoisotopic (exact) mass is 452 g/mol. The van der Waals surface area contributed by atoms with Crippen molar-refractivity contribution in [3.8, 4) is 0 Å². The molecule has 3 fully saturated rings. The lowest BCUT2D eigenvalue weighted by molar-refractivity contribution is -0.384. The first-order valence-corrected chi connectivity index (χ1v) is 11.4. The fourth-order valence-electron chi connectivity index (χ4n) is 5.34. The summed E-state index contributed by atoms with van der Waals surface area (Å²) in [6.45, 7) is 2.39. The Bertz CT molecular complexity index is 1070. The fraction of sp³-hybridized carbons (Fsp3) is 0.417. The molecule has 0 bridgehead atoms. The van der Waals surface area contributed by atoms with E-state index in [4.69, 9.17) is 0 Å². The lowest BCUT2D eigenvalue weighted by Gasteiger charge is -2.37. The van der Waals surface area contributed by atoms with Gasteiger partial charge in [0.2, 0.25) is 11.8 Å². The van der Waals surface area contributed by atoms with Crippen molar-refractivity contribution in [3.63, 3.8) is 0 Å². The van der Waals surface area contributed by atoms with Crippen LogP contribution in [-0.2, 0) is 9.59 Å². The molecule has 2 aromatic rings. The Hall–Kier alpha value is -3.49. The maximum absolute atomic E-state index is 13.2. The van der Waals surface area contributed by atoms with Gasteiger partial charge in [-0.3, -0.25) is 19.7 Å². The molecule has 2 aromatic carbocycles. The van der Waals surface area contributed by atoms with Gasteiger partial charge in [-0.25, -0.2) is 9.29 Å². The minimum Gasteiger partial charge on any atom is -0.368 e. The van der Waals surface area contributed by atoms with Gasteiger partial charge in [0, 0.05) is 37.9 Å². The lowest BCUT2D eigenvalue weighted by atomic mass is 9.81. The molecular weight excluding hydrogens is 427 g/mol. The Morgan fingerprint density at radius 3 is 1.94 bits per heavy atom. The summed E-state index contributed by atoms with van der Waals surface area (Å²) in [4.78, 5) is 42.5. The number of benzene rings is 2. The van der Waals surface area contributed by atoms with Crippen molar-refractivity contribution < 1.29 is 18.9 Å². The van der Waals surface area contributed by atoms with Crippen LogP contribution in [0, 0.1) is 27.8 Å². The summed E-state index contributed by atoms with van der Waals surface area (Å²) in [7, 11) is 0. The highest BCUT2D eigenvalue weighted by Crippen LogP contribution is 2.42. The molecule has 0 N–H and O–H groups in total. The summed E-state index contributed by atoms with van der Waals surface area (Å²) in [5, 5.41) is 11.9. The quantitative estimate of drug-likeness (QED) is 0.399. The van der Waals surface area contributed by atoms with Crippen LogP contribution in [0.3, 0.4) is 0 Å². The number of halogens is 1. The van der Waals surface area contributed by atoms with Crippen molar-refractivity contribution in [2.24, 2.45) is 11.8 Å². The number of nitro benzene ring substituents is 1. The average molecular weight is 452 g/mol. The van der Waals surface area contributed by atoms with Gasteiger partial charge in [0.15, 0.2) is 0 Å². The lowest BCUT2D eigenvalue weighted by Crippen LogP contribution is -2.46. The number of nitro groups is 1. The molecule has 0 aromatic heterocycles. The Morgan fingerprint density at radius 2 is 1.36 bits per heavy atom. The molecular formula is C24H25FN4O4. The predicted molar refractivity (Wildman–Crippen MR) is 122 cm³/mol. The van der Waals surface area contributed by atoms with Gasteiger partial charge in [0.25, 0.3) is 5.69 Å². The van der Waals surface area contributed by atoms with E-state index in [0.717, 1.165) is 23.4 Å². The van der Waals surface area contributed by atoms with E-state index in [-0.39, 0.29) is 40.8 Å². The van der Waals surface area contributed by atoms with Crippen LogP contribution in [0.25, 0.3) is 0 Å². The molecule has 8 nitrogen and oxygen atoms in total. The van der Waals surface area contributed by atoms with E-state index in [2.05, 4.69) is 4.90 Å². The number of hydrogen-bond donors (Lipinski definition) is 0. The van der Waals surface area contributed by atoms with Crippen LogP contribution in [-0.4, -0.2) is 42.9 Å². The first-order chi connectivity index (χ1) is 15.9. The third-order valence-corrected chi connectivity index (χ3v) is 7.07.